The Bertz CT molecular complexity index is 248. The smallest absolute Gasteiger partial charge is 0.317 e. The van der Waals surface area contributed by atoms with E-state index < -0.39 is 0 Å². The fourth-order valence-electron chi connectivity index (χ4n) is 2.10. The highest BCUT2D eigenvalue weighted by molar-refractivity contribution is 5.75. The summed E-state index contributed by atoms with van der Waals surface area (Å²) >= 11 is 0. The Kier molecular flexibility index (Phi) is 4.19. The first-order chi connectivity index (χ1) is 7.31. The maximum Gasteiger partial charge on any atom is 0.317 e. The highest BCUT2D eigenvalue weighted by atomic mass is 16.3. The molecular formula is C12H24N2O2. The van der Waals surface area contributed by atoms with Crippen LogP contribution in [-0.4, -0.2) is 40.8 Å². The summed E-state index contributed by atoms with van der Waals surface area (Å²) in [6.45, 7) is 5.86. The average molecular weight is 228 g/mol. The highest BCUT2D eigenvalue weighted by Crippen LogP contribution is 2.22. The number of carbonyl (C=O) groups is 1. The molecule has 0 bridgehead atoms. The van der Waals surface area contributed by atoms with Crippen molar-refractivity contribution < 1.29 is 9.90 Å². The van der Waals surface area contributed by atoms with Gasteiger partial charge in [0, 0.05) is 12.6 Å². The minimum atomic E-state index is -0.371. The fraction of sp³-hybridized carbons (Fsp3) is 0.917. The summed E-state index contributed by atoms with van der Waals surface area (Å²) in [4.78, 5) is 13.6. The van der Waals surface area contributed by atoms with Crippen molar-refractivity contribution in [2.75, 3.05) is 7.05 Å². The molecule has 1 rings (SSSR count). The molecule has 2 unspecified atom stereocenters. The van der Waals surface area contributed by atoms with Crippen molar-refractivity contribution >= 4 is 6.03 Å². The lowest BCUT2D eigenvalue weighted by atomic mass is 9.92. The van der Waals surface area contributed by atoms with Crippen molar-refractivity contribution in [1.82, 2.24) is 10.2 Å². The second-order valence-electron chi connectivity index (χ2n) is 5.71. The zero-order valence-corrected chi connectivity index (χ0v) is 10.8. The largest absolute Gasteiger partial charge is 0.391 e. The topological polar surface area (TPSA) is 52.6 Å². The summed E-state index contributed by atoms with van der Waals surface area (Å²) in [7, 11) is 1.76. The van der Waals surface area contributed by atoms with E-state index in [0.29, 0.717) is 0 Å². The van der Waals surface area contributed by atoms with Crippen LogP contribution >= 0.6 is 0 Å². The molecule has 94 valence electrons. The number of nitrogens with zero attached hydrogens (tertiary/aromatic N) is 1. The monoisotopic (exact) mass is 228 g/mol. The summed E-state index contributed by atoms with van der Waals surface area (Å²) in [5, 5.41) is 12.8. The van der Waals surface area contributed by atoms with Crippen molar-refractivity contribution in [3.63, 3.8) is 0 Å². The molecule has 0 aromatic rings. The first-order valence-electron chi connectivity index (χ1n) is 6.04. The molecule has 0 heterocycles. The van der Waals surface area contributed by atoms with E-state index in [9.17, 15) is 9.90 Å². The predicted molar refractivity (Wildman–Crippen MR) is 64.3 cm³/mol. The molecule has 0 aromatic carbocycles. The Morgan fingerprint density at radius 1 is 1.31 bits per heavy atom. The van der Waals surface area contributed by atoms with Gasteiger partial charge in [-0.15, -0.1) is 0 Å². The van der Waals surface area contributed by atoms with Crippen LogP contribution in [0.15, 0.2) is 0 Å². The number of urea groups is 1. The molecule has 1 aliphatic rings. The van der Waals surface area contributed by atoms with E-state index in [1.54, 1.807) is 11.9 Å². The molecule has 0 radical (unpaired) electrons. The lowest BCUT2D eigenvalue weighted by Crippen LogP contribution is -2.53. The third-order valence-electron chi connectivity index (χ3n) is 2.99. The highest BCUT2D eigenvalue weighted by Gasteiger charge is 2.30. The van der Waals surface area contributed by atoms with Crippen molar-refractivity contribution in [1.29, 1.82) is 0 Å². The van der Waals surface area contributed by atoms with Gasteiger partial charge in [0.1, 0.15) is 0 Å². The summed E-state index contributed by atoms with van der Waals surface area (Å²) in [6, 6.07) is -0.130. The molecule has 1 fully saturated rings. The molecule has 4 nitrogen and oxygen atoms in total. The summed E-state index contributed by atoms with van der Waals surface area (Å²) in [5.74, 6) is 0. The molecule has 2 N–H and O–H groups in total. The van der Waals surface area contributed by atoms with Crippen molar-refractivity contribution in [3.8, 4) is 0 Å². The number of likely N-dealkylation sites (N-methyl/N-ethyl adjacent to an activating group) is 1. The molecule has 16 heavy (non-hydrogen) atoms. The quantitative estimate of drug-likeness (QED) is 0.718. The Balaban J connectivity index is 2.55. The lowest BCUT2D eigenvalue weighted by molar-refractivity contribution is 0.0452. The van der Waals surface area contributed by atoms with Crippen LogP contribution in [0.1, 0.15) is 46.5 Å². The minimum Gasteiger partial charge on any atom is -0.391 e. The van der Waals surface area contributed by atoms with E-state index in [1.165, 1.54) is 0 Å². The van der Waals surface area contributed by atoms with E-state index in [1.807, 2.05) is 20.8 Å². The van der Waals surface area contributed by atoms with E-state index in [0.717, 1.165) is 25.7 Å². The summed E-state index contributed by atoms with van der Waals surface area (Å²) < 4.78 is 0. The van der Waals surface area contributed by atoms with Gasteiger partial charge in [-0.1, -0.05) is 12.8 Å². The second kappa shape index (κ2) is 5.04. The Labute approximate surface area is 98.0 Å². The number of hydrogen-bond acceptors (Lipinski definition) is 2. The van der Waals surface area contributed by atoms with E-state index in [2.05, 4.69) is 5.32 Å². The van der Waals surface area contributed by atoms with Crippen LogP contribution in [0.2, 0.25) is 0 Å². The van der Waals surface area contributed by atoms with Crippen LogP contribution in [0.4, 0.5) is 4.79 Å². The first kappa shape index (κ1) is 13.3. The number of aliphatic hydroxyl groups is 1. The number of rotatable bonds is 1. The van der Waals surface area contributed by atoms with Crippen LogP contribution in [0.3, 0.4) is 0 Å². The van der Waals surface area contributed by atoms with Gasteiger partial charge in [-0.3, -0.25) is 0 Å². The normalized spacial score (nSPS) is 26.3. The maximum absolute atomic E-state index is 11.9. The number of carbonyl (C=O) groups excluding carboxylic acids is 1. The SMILES string of the molecule is CN(C(=O)NC(C)(C)C)C1CCCCC1O. The average Bonchev–Trinajstić information content (AvgIpc) is 2.15. The molecule has 0 aliphatic heterocycles. The molecule has 0 aromatic heterocycles. The number of amides is 2. The van der Waals surface area contributed by atoms with Crippen molar-refractivity contribution in [2.24, 2.45) is 0 Å². The zero-order chi connectivity index (χ0) is 12.3. The first-order valence-corrected chi connectivity index (χ1v) is 6.04. The van der Waals surface area contributed by atoms with Gasteiger partial charge in [0.25, 0.3) is 0 Å². The third-order valence-corrected chi connectivity index (χ3v) is 2.99. The zero-order valence-electron chi connectivity index (χ0n) is 10.8. The van der Waals surface area contributed by atoms with Gasteiger partial charge in [0.2, 0.25) is 0 Å². The summed E-state index contributed by atoms with van der Waals surface area (Å²) in [6.07, 6.45) is 3.48. The number of aliphatic hydroxyl groups excluding tert-OH is 1. The Morgan fingerprint density at radius 3 is 2.38 bits per heavy atom. The maximum atomic E-state index is 11.9. The van der Waals surface area contributed by atoms with Gasteiger partial charge in [0.15, 0.2) is 0 Å². The Hall–Kier alpha value is -0.770. The van der Waals surface area contributed by atoms with E-state index in [-0.39, 0.29) is 23.7 Å². The number of nitrogens with one attached hydrogen (secondary N) is 1. The minimum absolute atomic E-state index is 0.0314. The van der Waals surface area contributed by atoms with Crippen LogP contribution in [0.25, 0.3) is 0 Å². The lowest BCUT2D eigenvalue weighted by Gasteiger charge is -2.36. The van der Waals surface area contributed by atoms with Crippen LogP contribution in [0.5, 0.6) is 0 Å². The molecule has 2 atom stereocenters. The summed E-state index contributed by atoms with van der Waals surface area (Å²) in [5.41, 5.74) is -0.231. The van der Waals surface area contributed by atoms with Gasteiger partial charge in [0.05, 0.1) is 12.1 Å². The molecule has 1 aliphatic carbocycles. The van der Waals surface area contributed by atoms with Gasteiger partial charge < -0.3 is 15.3 Å². The van der Waals surface area contributed by atoms with Gasteiger partial charge in [-0.05, 0) is 33.6 Å². The fourth-order valence-corrected chi connectivity index (χ4v) is 2.10. The van der Waals surface area contributed by atoms with Crippen LogP contribution in [-0.2, 0) is 0 Å². The standard InChI is InChI=1S/C12H24N2O2/c1-12(2,3)13-11(16)14(4)9-7-5-6-8-10(9)15/h9-10,15H,5-8H2,1-4H3,(H,13,16). The van der Waals surface area contributed by atoms with Crippen molar-refractivity contribution in [3.05, 3.63) is 0 Å². The van der Waals surface area contributed by atoms with Gasteiger partial charge in [-0.25, -0.2) is 4.79 Å². The van der Waals surface area contributed by atoms with Crippen LogP contribution < -0.4 is 5.32 Å². The third kappa shape index (κ3) is 3.67. The molecule has 4 heteroatoms. The van der Waals surface area contributed by atoms with Crippen molar-refractivity contribution in [2.45, 2.75) is 64.1 Å². The van der Waals surface area contributed by atoms with Gasteiger partial charge >= 0.3 is 6.03 Å². The number of hydrogen-bond donors (Lipinski definition) is 2. The molecular weight excluding hydrogens is 204 g/mol. The van der Waals surface area contributed by atoms with Crippen LogP contribution in [0, 0.1) is 0 Å². The molecule has 1 saturated carbocycles. The molecule has 2 amide bonds. The Morgan fingerprint density at radius 2 is 1.88 bits per heavy atom. The van der Waals surface area contributed by atoms with E-state index in [4.69, 9.17) is 0 Å². The van der Waals surface area contributed by atoms with Gasteiger partial charge in [-0.2, -0.15) is 0 Å². The van der Waals surface area contributed by atoms with E-state index >= 15 is 0 Å². The second-order valence-corrected chi connectivity index (χ2v) is 5.71. The molecule has 0 saturated heterocycles. The predicted octanol–water partition coefficient (Wildman–Crippen LogP) is 1.73. The molecule has 0 spiro atoms.